The largest absolute Gasteiger partial charge is 0.328 e. The van der Waals surface area contributed by atoms with Gasteiger partial charge in [-0.1, -0.05) is 34.6 Å². The van der Waals surface area contributed by atoms with E-state index in [1.807, 2.05) is 46.1 Å². The lowest BCUT2D eigenvalue weighted by molar-refractivity contribution is -0.116. The Kier molecular flexibility index (Phi) is 7.72. The summed E-state index contributed by atoms with van der Waals surface area (Å²) >= 11 is 0. The van der Waals surface area contributed by atoms with E-state index in [4.69, 9.17) is 0 Å². The molecule has 9 nitrogen and oxygen atoms in total. The molecule has 1 amide bonds. The van der Waals surface area contributed by atoms with Gasteiger partial charge in [-0.2, -0.15) is 4.31 Å². The van der Waals surface area contributed by atoms with Crippen molar-refractivity contribution in [3.63, 3.8) is 0 Å². The molecule has 0 aliphatic rings. The first-order valence-electron chi connectivity index (χ1n) is 11.6. The average Bonchev–Trinajstić information content (AvgIpc) is 3.14. The molecule has 2 aromatic heterocycles. The number of aromatic nitrogens is 4. The monoisotopic (exact) mass is 486 g/mol. The van der Waals surface area contributed by atoms with Gasteiger partial charge in [-0.05, 0) is 25.1 Å². The van der Waals surface area contributed by atoms with Gasteiger partial charge in [-0.15, -0.1) is 0 Å². The average molecular weight is 487 g/mol. The highest BCUT2D eigenvalue weighted by Gasteiger charge is 2.23. The second kappa shape index (κ2) is 10.2. The van der Waals surface area contributed by atoms with Gasteiger partial charge in [0.2, 0.25) is 15.9 Å². The molecule has 0 bridgehead atoms. The van der Waals surface area contributed by atoms with Crippen LogP contribution in [0, 0.1) is 0 Å². The number of fused-ring (bicyclic) bond motifs is 1. The van der Waals surface area contributed by atoms with Crippen molar-refractivity contribution >= 4 is 32.7 Å². The van der Waals surface area contributed by atoms with Crippen molar-refractivity contribution in [3.05, 3.63) is 42.2 Å². The highest BCUT2D eigenvalue weighted by Crippen LogP contribution is 2.24. The Balaban J connectivity index is 1.76. The van der Waals surface area contributed by atoms with Crippen LogP contribution in [0.25, 0.3) is 11.0 Å². The van der Waals surface area contributed by atoms with Gasteiger partial charge in [0.15, 0.2) is 0 Å². The fourth-order valence-electron chi connectivity index (χ4n) is 3.80. The lowest BCUT2D eigenvalue weighted by Crippen LogP contribution is -2.30. The maximum absolute atomic E-state index is 12.9. The zero-order chi connectivity index (χ0) is 25.1. The summed E-state index contributed by atoms with van der Waals surface area (Å²) < 4.78 is 29.2. The van der Waals surface area contributed by atoms with Crippen molar-refractivity contribution in [2.75, 3.05) is 18.4 Å². The lowest BCUT2D eigenvalue weighted by atomic mass is 9.96. The molecular formula is C24H34N6O3S. The van der Waals surface area contributed by atoms with Crippen LogP contribution in [0.5, 0.6) is 0 Å². The number of rotatable bonds is 9. The topological polar surface area (TPSA) is 110 Å². The van der Waals surface area contributed by atoms with Gasteiger partial charge in [-0.25, -0.2) is 23.4 Å². The number of nitrogens with zero attached hydrogens (tertiary/aromatic N) is 5. The summed E-state index contributed by atoms with van der Waals surface area (Å²) in [7, 11) is -3.57. The van der Waals surface area contributed by atoms with Gasteiger partial charge in [0, 0.05) is 37.9 Å². The van der Waals surface area contributed by atoms with Crippen LogP contribution in [0.4, 0.5) is 5.69 Å². The molecule has 0 spiro atoms. The SMILES string of the molecule is CCN(CC)S(=O)(=O)c1ccc2c(c1)nc(CCC(=O)Nc1cnc(C(C)(C)C)nc1)n2CC. The quantitative estimate of drug-likeness (QED) is 0.493. The van der Waals surface area contributed by atoms with Crippen LogP contribution in [0.3, 0.4) is 0 Å². The molecule has 0 unspecified atom stereocenters. The molecule has 0 aliphatic heterocycles. The van der Waals surface area contributed by atoms with E-state index in [1.54, 1.807) is 30.6 Å². The summed E-state index contributed by atoms with van der Waals surface area (Å²) in [5, 5.41) is 2.83. The van der Waals surface area contributed by atoms with Crippen LogP contribution >= 0.6 is 0 Å². The summed E-state index contributed by atoms with van der Waals surface area (Å²) in [4.78, 5) is 26.1. The predicted octanol–water partition coefficient (Wildman–Crippen LogP) is 3.75. The molecule has 0 aliphatic carbocycles. The fraction of sp³-hybridized carbons (Fsp3) is 0.500. The summed E-state index contributed by atoms with van der Waals surface area (Å²) in [6, 6.07) is 5.04. The minimum Gasteiger partial charge on any atom is -0.328 e. The van der Waals surface area contributed by atoms with Gasteiger partial charge in [0.1, 0.15) is 11.6 Å². The van der Waals surface area contributed by atoms with Crippen LogP contribution in [0.15, 0.2) is 35.5 Å². The summed E-state index contributed by atoms with van der Waals surface area (Å²) in [5.41, 5.74) is 1.85. The first-order chi connectivity index (χ1) is 16.0. The molecule has 10 heteroatoms. The van der Waals surface area contributed by atoms with Crippen LogP contribution in [0.1, 0.15) is 59.6 Å². The number of hydrogen-bond donors (Lipinski definition) is 1. The van der Waals surface area contributed by atoms with Crippen molar-refractivity contribution in [2.24, 2.45) is 0 Å². The zero-order valence-electron chi connectivity index (χ0n) is 20.8. The van der Waals surface area contributed by atoms with Crippen molar-refractivity contribution in [1.82, 2.24) is 23.8 Å². The number of aryl methyl sites for hydroxylation is 2. The van der Waals surface area contributed by atoms with E-state index in [2.05, 4.69) is 20.3 Å². The third-order valence-corrected chi connectivity index (χ3v) is 7.69. The maximum Gasteiger partial charge on any atom is 0.243 e. The van der Waals surface area contributed by atoms with Crippen LogP contribution in [-0.4, -0.2) is 51.2 Å². The number of benzene rings is 1. The number of amides is 1. The number of carbonyl (C=O) groups excluding carboxylic acids is 1. The molecule has 2 heterocycles. The van der Waals surface area contributed by atoms with Crippen molar-refractivity contribution < 1.29 is 13.2 Å². The zero-order valence-corrected chi connectivity index (χ0v) is 21.6. The Morgan fingerprint density at radius 3 is 2.29 bits per heavy atom. The van der Waals surface area contributed by atoms with E-state index in [9.17, 15) is 13.2 Å². The summed E-state index contributed by atoms with van der Waals surface area (Å²) in [5.74, 6) is 1.29. The van der Waals surface area contributed by atoms with Crippen LogP contribution in [-0.2, 0) is 33.2 Å². The Morgan fingerprint density at radius 1 is 1.09 bits per heavy atom. The molecular weight excluding hydrogens is 452 g/mol. The molecule has 0 saturated carbocycles. The number of imidazole rings is 1. The van der Waals surface area contributed by atoms with E-state index >= 15 is 0 Å². The van der Waals surface area contributed by atoms with Gasteiger partial charge < -0.3 is 9.88 Å². The third-order valence-electron chi connectivity index (χ3n) is 5.64. The highest BCUT2D eigenvalue weighted by atomic mass is 32.2. The van der Waals surface area contributed by atoms with Crippen molar-refractivity contribution in [3.8, 4) is 0 Å². The Morgan fingerprint density at radius 2 is 1.74 bits per heavy atom. The smallest absolute Gasteiger partial charge is 0.243 e. The van der Waals surface area contributed by atoms with Gasteiger partial charge in [0.05, 0.1) is 34.0 Å². The Hall–Kier alpha value is -2.85. The van der Waals surface area contributed by atoms with Crippen molar-refractivity contribution in [1.29, 1.82) is 0 Å². The first-order valence-corrected chi connectivity index (χ1v) is 13.1. The minimum absolute atomic E-state index is 0.160. The van der Waals surface area contributed by atoms with E-state index in [-0.39, 0.29) is 22.6 Å². The summed E-state index contributed by atoms with van der Waals surface area (Å²) in [6.07, 6.45) is 3.89. The summed E-state index contributed by atoms with van der Waals surface area (Å²) in [6.45, 7) is 13.2. The van der Waals surface area contributed by atoms with Gasteiger partial charge in [0.25, 0.3) is 0 Å². The minimum atomic E-state index is -3.57. The molecule has 1 aromatic carbocycles. The Labute approximate surface area is 201 Å². The molecule has 3 aromatic rings. The molecule has 0 radical (unpaired) electrons. The highest BCUT2D eigenvalue weighted by molar-refractivity contribution is 7.89. The second-order valence-corrected chi connectivity index (χ2v) is 11.0. The third kappa shape index (κ3) is 5.44. The lowest BCUT2D eigenvalue weighted by Gasteiger charge is -2.18. The number of anilines is 1. The number of hydrogen-bond acceptors (Lipinski definition) is 6. The van der Waals surface area contributed by atoms with Crippen LogP contribution in [0.2, 0.25) is 0 Å². The second-order valence-electron chi connectivity index (χ2n) is 9.11. The van der Waals surface area contributed by atoms with E-state index in [0.717, 1.165) is 11.3 Å². The molecule has 3 rings (SSSR count). The number of nitrogens with one attached hydrogen (secondary N) is 1. The normalized spacial score (nSPS) is 12.4. The molecule has 0 saturated heterocycles. The number of sulfonamides is 1. The molecule has 1 N–H and O–H groups in total. The number of carbonyl (C=O) groups is 1. The van der Waals surface area contributed by atoms with Gasteiger partial charge >= 0.3 is 0 Å². The van der Waals surface area contributed by atoms with Crippen molar-refractivity contribution in [2.45, 2.75) is 71.2 Å². The maximum atomic E-state index is 12.9. The fourth-order valence-corrected chi connectivity index (χ4v) is 5.28. The van der Waals surface area contributed by atoms with E-state index in [0.29, 0.717) is 43.1 Å². The first kappa shape index (κ1) is 25.8. The van der Waals surface area contributed by atoms with E-state index in [1.165, 1.54) is 4.31 Å². The predicted molar refractivity (Wildman–Crippen MR) is 133 cm³/mol. The van der Waals surface area contributed by atoms with Crippen LogP contribution < -0.4 is 5.32 Å². The Bertz CT molecular complexity index is 1260. The molecule has 0 atom stereocenters. The van der Waals surface area contributed by atoms with E-state index < -0.39 is 10.0 Å². The molecule has 0 fully saturated rings. The van der Waals surface area contributed by atoms with Gasteiger partial charge in [-0.3, -0.25) is 4.79 Å². The standard InChI is InChI=1S/C24H34N6O3S/c1-7-29(8-2)34(32,33)18-10-11-20-19(14-18)28-21(30(20)9-3)12-13-22(31)27-17-15-25-23(26-16-17)24(4,5)6/h10-11,14-16H,7-9,12-13H2,1-6H3,(H,27,31). The molecule has 184 valence electrons. The molecule has 34 heavy (non-hydrogen) atoms.